The SMILES string of the molecule is Cc1ccc(S(=O)(=O)N(CCN(C)C)CC2CCCO2)cc1Cl. The molecular weight excluding hydrogens is 336 g/mol. The largest absolute Gasteiger partial charge is 0.377 e. The highest BCUT2D eigenvalue weighted by atomic mass is 35.5. The number of benzene rings is 1. The maximum Gasteiger partial charge on any atom is 0.243 e. The molecule has 0 aromatic heterocycles. The summed E-state index contributed by atoms with van der Waals surface area (Å²) >= 11 is 6.11. The Bertz CT molecular complexity index is 628. The van der Waals surface area contributed by atoms with Gasteiger partial charge in [0.05, 0.1) is 11.0 Å². The van der Waals surface area contributed by atoms with Crippen molar-refractivity contribution in [2.24, 2.45) is 0 Å². The summed E-state index contributed by atoms with van der Waals surface area (Å²) < 4.78 is 33.1. The highest BCUT2D eigenvalue weighted by Gasteiger charge is 2.29. The Morgan fingerprint density at radius 1 is 1.30 bits per heavy atom. The van der Waals surface area contributed by atoms with Crippen LogP contribution in [0.2, 0.25) is 5.02 Å². The average molecular weight is 361 g/mol. The number of likely N-dealkylation sites (N-methyl/N-ethyl adjacent to an activating group) is 1. The van der Waals surface area contributed by atoms with Crippen LogP contribution in [0.25, 0.3) is 0 Å². The Hall–Kier alpha value is -0.660. The van der Waals surface area contributed by atoms with Crippen LogP contribution in [-0.2, 0) is 14.8 Å². The van der Waals surface area contributed by atoms with Gasteiger partial charge in [0.1, 0.15) is 0 Å². The van der Waals surface area contributed by atoms with Gasteiger partial charge in [-0.15, -0.1) is 0 Å². The fraction of sp³-hybridized carbons (Fsp3) is 0.625. The van der Waals surface area contributed by atoms with Gasteiger partial charge in [-0.25, -0.2) is 8.42 Å². The summed E-state index contributed by atoms with van der Waals surface area (Å²) in [5, 5.41) is 0.468. The van der Waals surface area contributed by atoms with Crippen molar-refractivity contribution in [3.05, 3.63) is 28.8 Å². The maximum atomic E-state index is 13.0. The van der Waals surface area contributed by atoms with Crippen molar-refractivity contribution in [3.8, 4) is 0 Å². The maximum absolute atomic E-state index is 13.0. The van der Waals surface area contributed by atoms with Crippen LogP contribution in [0.4, 0.5) is 0 Å². The smallest absolute Gasteiger partial charge is 0.243 e. The number of ether oxygens (including phenoxy) is 1. The molecule has 0 amide bonds. The molecule has 5 nitrogen and oxygen atoms in total. The van der Waals surface area contributed by atoms with Crippen LogP contribution in [0.3, 0.4) is 0 Å². The number of hydrogen-bond acceptors (Lipinski definition) is 4. The summed E-state index contributed by atoms with van der Waals surface area (Å²) in [6, 6.07) is 4.89. The summed E-state index contributed by atoms with van der Waals surface area (Å²) in [5.41, 5.74) is 0.865. The van der Waals surface area contributed by atoms with E-state index in [2.05, 4.69) is 0 Å². The van der Waals surface area contributed by atoms with E-state index >= 15 is 0 Å². The summed E-state index contributed by atoms with van der Waals surface area (Å²) in [4.78, 5) is 2.21. The topological polar surface area (TPSA) is 49.9 Å². The van der Waals surface area contributed by atoms with Crippen LogP contribution in [0.1, 0.15) is 18.4 Å². The molecule has 1 heterocycles. The molecule has 2 rings (SSSR count). The number of sulfonamides is 1. The standard InChI is InChI=1S/C16H25ClN2O3S/c1-13-6-7-15(11-16(13)17)23(20,21)19(9-8-18(2)3)12-14-5-4-10-22-14/h6-7,11,14H,4-5,8-10,12H2,1-3H3. The van der Waals surface area contributed by atoms with E-state index < -0.39 is 10.0 Å². The Kier molecular flexibility index (Phi) is 6.45. The van der Waals surface area contributed by atoms with Crippen molar-refractivity contribution < 1.29 is 13.2 Å². The fourth-order valence-corrected chi connectivity index (χ4v) is 4.25. The molecule has 23 heavy (non-hydrogen) atoms. The normalized spacial score (nSPS) is 19.0. The van der Waals surface area contributed by atoms with E-state index in [1.807, 2.05) is 25.9 Å². The van der Waals surface area contributed by atoms with Gasteiger partial charge < -0.3 is 9.64 Å². The van der Waals surface area contributed by atoms with Crippen LogP contribution in [0.15, 0.2) is 23.1 Å². The third-order valence-corrected chi connectivity index (χ3v) is 6.28. The van der Waals surface area contributed by atoms with Crippen LogP contribution >= 0.6 is 11.6 Å². The molecule has 0 saturated carbocycles. The third kappa shape index (κ3) is 4.90. The van der Waals surface area contributed by atoms with Gasteiger partial charge in [0.25, 0.3) is 0 Å². The molecule has 1 aliphatic heterocycles. The van der Waals surface area contributed by atoms with Gasteiger partial charge in [0, 0.05) is 31.3 Å². The molecule has 0 bridgehead atoms. The minimum Gasteiger partial charge on any atom is -0.377 e. The molecule has 0 radical (unpaired) electrons. The van der Waals surface area contributed by atoms with Crippen molar-refractivity contribution in [2.45, 2.75) is 30.8 Å². The first-order valence-electron chi connectivity index (χ1n) is 7.83. The van der Waals surface area contributed by atoms with E-state index in [1.54, 1.807) is 12.1 Å². The molecule has 1 unspecified atom stereocenters. The number of hydrogen-bond donors (Lipinski definition) is 0. The second-order valence-electron chi connectivity index (χ2n) is 6.21. The van der Waals surface area contributed by atoms with E-state index in [-0.39, 0.29) is 11.0 Å². The second-order valence-corrected chi connectivity index (χ2v) is 8.56. The van der Waals surface area contributed by atoms with Gasteiger partial charge in [-0.3, -0.25) is 0 Å². The molecule has 7 heteroatoms. The van der Waals surface area contributed by atoms with Crippen LogP contribution in [0.5, 0.6) is 0 Å². The van der Waals surface area contributed by atoms with E-state index in [1.165, 1.54) is 10.4 Å². The van der Waals surface area contributed by atoms with Crippen molar-refractivity contribution in [3.63, 3.8) is 0 Å². The number of nitrogens with zero attached hydrogens (tertiary/aromatic N) is 2. The Morgan fingerprint density at radius 2 is 2.04 bits per heavy atom. The zero-order valence-corrected chi connectivity index (χ0v) is 15.5. The lowest BCUT2D eigenvalue weighted by molar-refractivity contribution is 0.0925. The average Bonchev–Trinajstić information content (AvgIpc) is 2.98. The molecule has 130 valence electrons. The predicted molar refractivity (Wildman–Crippen MR) is 92.5 cm³/mol. The summed E-state index contributed by atoms with van der Waals surface area (Å²) in [5.74, 6) is 0. The minimum absolute atomic E-state index is 0.0205. The molecule has 0 aliphatic carbocycles. The van der Waals surface area contributed by atoms with Crippen LogP contribution < -0.4 is 0 Å². The summed E-state index contributed by atoms with van der Waals surface area (Å²) in [7, 11) is 0.279. The quantitative estimate of drug-likeness (QED) is 0.749. The summed E-state index contributed by atoms with van der Waals surface area (Å²) in [6.07, 6.45) is 1.87. The van der Waals surface area contributed by atoms with Crippen molar-refractivity contribution in [1.82, 2.24) is 9.21 Å². The van der Waals surface area contributed by atoms with Gasteiger partial charge in [-0.2, -0.15) is 4.31 Å². The zero-order chi connectivity index (χ0) is 17.0. The molecule has 1 atom stereocenters. The third-order valence-electron chi connectivity index (χ3n) is 4.01. The molecular formula is C16H25ClN2O3S. The lowest BCUT2D eigenvalue weighted by Crippen LogP contribution is -2.41. The van der Waals surface area contributed by atoms with Crippen LogP contribution in [-0.4, -0.2) is 64.1 Å². The van der Waals surface area contributed by atoms with Gasteiger partial charge in [-0.1, -0.05) is 17.7 Å². The highest BCUT2D eigenvalue weighted by Crippen LogP contribution is 2.24. The Balaban J connectivity index is 2.24. The number of halogens is 1. The second kappa shape index (κ2) is 7.94. The Morgan fingerprint density at radius 3 is 2.61 bits per heavy atom. The lowest BCUT2D eigenvalue weighted by atomic mass is 10.2. The zero-order valence-electron chi connectivity index (χ0n) is 14.0. The molecule has 1 aliphatic rings. The first-order valence-corrected chi connectivity index (χ1v) is 9.65. The molecule has 1 aromatic rings. The van der Waals surface area contributed by atoms with Crippen molar-refractivity contribution in [2.75, 3.05) is 40.3 Å². The van der Waals surface area contributed by atoms with Gasteiger partial charge >= 0.3 is 0 Å². The van der Waals surface area contributed by atoms with E-state index in [4.69, 9.17) is 16.3 Å². The van der Waals surface area contributed by atoms with Crippen LogP contribution in [0, 0.1) is 6.92 Å². The van der Waals surface area contributed by atoms with E-state index in [0.717, 1.165) is 18.4 Å². The summed E-state index contributed by atoms with van der Waals surface area (Å²) in [6.45, 7) is 4.05. The molecule has 0 N–H and O–H groups in total. The van der Waals surface area contributed by atoms with E-state index in [0.29, 0.717) is 31.3 Å². The minimum atomic E-state index is -3.58. The molecule has 1 saturated heterocycles. The lowest BCUT2D eigenvalue weighted by Gasteiger charge is -2.26. The molecule has 1 fully saturated rings. The van der Waals surface area contributed by atoms with Crippen molar-refractivity contribution in [1.29, 1.82) is 0 Å². The first-order chi connectivity index (χ1) is 10.8. The highest BCUT2D eigenvalue weighted by molar-refractivity contribution is 7.89. The monoisotopic (exact) mass is 360 g/mol. The number of aryl methyl sites for hydroxylation is 1. The first kappa shape index (κ1) is 18.7. The van der Waals surface area contributed by atoms with E-state index in [9.17, 15) is 8.42 Å². The van der Waals surface area contributed by atoms with Gasteiger partial charge in [0.2, 0.25) is 10.0 Å². The predicted octanol–water partition coefficient (Wildman–Crippen LogP) is 2.38. The number of rotatable bonds is 7. The fourth-order valence-electron chi connectivity index (χ4n) is 2.52. The van der Waals surface area contributed by atoms with Crippen molar-refractivity contribution >= 4 is 21.6 Å². The molecule has 1 aromatic carbocycles. The molecule has 0 spiro atoms. The van der Waals surface area contributed by atoms with Gasteiger partial charge in [-0.05, 0) is 51.6 Å². The van der Waals surface area contributed by atoms with Gasteiger partial charge in [0.15, 0.2) is 0 Å². The Labute approximate surface area is 144 Å².